The van der Waals surface area contributed by atoms with Gasteiger partial charge in [-0.05, 0) is 36.6 Å². The molecule has 1 aliphatic carbocycles. The zero-order valence-electron chi connectivity index (χ0n) is 16.9. The van der Waals surface area contributed by atoms with Crippen molar-refractivity contribution in [2.75, 3.05) is 0 Å². The minimum Gasteiger partial charge on any atom is -0.477 e. The van der Waals surface area contributed by atoms with E-state index in [2.05, 4.69) is 5.32 Å². The number of halogens is 4. The Morgan fingerprint density at radius 1 is 1.06 bits per heavy atom. The zero-order chi connectivity index (χ0) is 24.0. The van der Waals surface area contributed by atoms with E-state index < -0.39 is 29.5 Å². The fraction of sp³-hybridized carbons (Fsp3) is 0.227. The number of carbonyl (C=O) groups excluding carboxylic acids is 2. The third kappa shape index (κ3) is 4.25. The second kappa shape index (κ2) is 8.11. The van der Waals surface area contributed by atoms with Crippen LogP contribution < -0.4 is 10.6 Å². The number of aromatic carboxylic acids is 1. The molecule has 0 bridgehead atoms. The number of nitrogens with one attached hydrogen (secondary N) is 2. The van der Waals surface area contributed by atoms with Gasteiger partial charge in [-0.15, -0.1) is 0 Å². The highest BCUT2D eigenvalue weighted by Gasteiger charge is 2.54. The van der Waals surface area contributed by atoms with Crippen molar-refractivity contribution in [2.45, 2.75) is 31.1 Å². The van der Waals surface area contributed by atoms with Crippen LogP contribution in [0.5, 0.6) is 0 Å². The van der Waals surface area contributed by atoms with E-state index in [9.17, 15) is 32.7 Å². The number of carboxylic acid groups (broad SMARTS) is 1. The summed E-state index contributed by atoms with van der Waals surface area (Å²) in [5.74, 6) is -4.03. The van der Waals surface area contributed by atoms with Crippen molar-refractivity contribution in [1.82, 2.24) is 15.2 Å². The van der Waals surface area contributed by atoms with Gasteiger partial charge in [0, 0.05) is 17.6 Å². The van der Waals surface area contributed by atoms with Gasteiger partial charge in [0.05, 0.1) is 10.5 Å². The molecule has 33 heavy (non-hydrogen) atoms. The standard InChI is InChI=1S/C22H17ClF3N3O4/c23-16-14-3-1-2-4-15(14)29(17(16)18(30)31)13-7-5-12(6-8-13)11-27-19(32)21(9-10-21)28-20(33)22(24,25)26/h1-8H,9-11H2,(H,27,32)(H,28,33)(H,30,31). The molecule has 0 unspecified atom stereocenters. The van der Waals surface area contributed by atoms with Gasteiger partial charge >= 0.3 is 18.1 Å². The number of fused-ring (bicyclic) bond motifs is 1. The average Bonchev–Trinajstić information content (AvgIpc) is 3.49. The van der Waals surface area contributed by atoms with Crippen LogP contribution in [0.2, 0.25) is 5.02 Å². The monoisotopic (exact) mass is 479 g/mol. The molecule has 1 fully saturated rings. The molecule has 3 N–H and O–H groups in total. The summed E-state index contributed by atoms with van der Waals surface area (Å²) >= 11 is 6.29. The first-order valence-electron chi connectivity index (χ1n) is 9.83. The number of hydrogen-bond acceptors (Lipinski definition) is 3. The third-order valence-corrected chi connectivity index (χ3v) is 5.84. The van der Waals surface area contributed by atoms with Crippen molar-refractivity contribution >= 4 is 40.3 Å². The van der Waals surface area contributed by atoms with Gasteiger partial charge in [-0.2, -0.15) is 13.2 Å². The van der Waals surface area contributed by atoms with Crippen molar-refractivity contribution < 1.29 is 32.7 Å². The van der Waals surface area contributed by atoms with E-state index >= 15 is 0 Å². The van der Waals surface area contributed by atoms with E-state index in [-0.39, 0.29) is 30.1 Å². The maximum Gasteiger partial charge on any atom is 0.471 e. The second-order valence-electron chi connectivity index (χ2n) is 7.70. The van der Waals surface area contributed by atoms with Crippen LogP contribution in [0.3, 0.4) is 0 Å². The predicted octanol–water partition coefficient (Wildman–Crippen LogP) is 3.81. The highest BCUT2D eigenvalue weighted by atomic mass is 35.5. The summed E-state index contributed by atoms with van der Waals surface area (Å²) in [4.78, 5) is 35.3. The largest absolute Gasteiger partial charge is 0.477 e. The van der Waals surface area contributed by atoms with E-state index in [1.165, 1.54) is 4.57 Å². The lowest BCUT2D eigenvalue weighted by Gasteiger charge is -2.18. The summed E-state index contributed by atoms with van der Waals surface area (Å²) in [6, 6.07) is 13.6. The molecule has 0 aliphatic heterocycles. The molecule has 11 heteroatoms. The van der Waals surface area contributed by atoms with Crippen LogP contribution in [-0.2, 0) is 16.1 Å². The van der Waals surface area contributed by atoms with Crippen molar-refractivity contribution in [3.8, 4) is 5.69 Å². The molecule has 172 valence electrons. The first-order chi connectivity index (χ1) is 15.5. The number of carbonyl (C=O) groups is 3. The number of hydrogen-bond donors (Lipinski definition) is 3. The Balaban J connectivity index is 1.50. The minimum absolute atomic E-state index is 0.0156. The van der Waals surface area contributed by atoms with Gasteiger partial charge in [0.1, 0.15) is 5.54 Å². The molecule has 1 aromatic heterocycles. The number of rotatable bonds is 6. The fourth-order valence-electron chi connectivity index (χ4n) is 3.59. The molecule has 0 atom stereocenters. The summed E-state index contributed by atoms with van der Waals surface area (Å²) in [5, 5.41) is 14.7. The Bertz CT molecular complexity index is 1260. The van der Waals surface area contributed by atoms with E-state index in [1.807, 2.05) is 0 Å². The van der Waals surface area contributed by atoms with Crippen LogP contribution in [-0.4, -0.2) is 39.2 Å². The molecule has 0 saturated heterocycles. The van der Waals surface area contributed by atoms with Crippen LogP contribution in [0.15, 0.2) is 48.5 Å². The van der Waals surface area contributed by atoms with E-state index in [0.29, 0.717) is 22.2 Å². The Morgan fingerprint density at radius 3 is 2.27 bits per heavy atom. The lowest BCUT2D eigenvalue weighted by Crippen LogP contribution is -2.52. The SMILES string of the molecule is O=C(O)c1c(Cl)c2ccccc2n1-c1ccc(CNC(=O)C2(NC(=O)C(F)(F)F)CC2)cc1. The molecule has 4 rings (SSSR count). The van der Waals surface area contributed by atoms with E-state index in [0.717, 1.165) is 0 Å². The maximum absolute atomic E-state index is 12.5. The molecule has 1 aliphatic rings. The number of aromatic nitrogens is 1. The molecule has 7 nitrogen and oxygen atoms in total. The number of para-hydroxylation sites is 1. The van der Waals surface area contributed by atoms with Gasteiger partial charge in [0.15, 0.2) is 5.69 Å². The molecular weight excluding hydrogens is 463 g/mol. The molecule has 0 radical (unpaired) electrons. The second-order valence-corrected chi connectivity index (χ2v) is 8.08. The van der Waals surface area contributed by atoms with Gasteiger partial charge in [-0.25, -0.2) is 4.79 Å². The topological polar surface area (TPSA) is 100 Å². The predicted molar refractivity (Wildman–Crippen MR) is 113 cm³/mol. The van der Waals surface area contributed by atoms with Crippen molar-refractivity contribution in [3.05, 3.63) is 64.8 Å². The first-order valence-corrected chi connectivity index (χ1v) is 10.2. The molecular formula is C22H17ClF3N3O4. The summed E-state index contributed by atoms with van der Waals surface area (Å²) in [6.07, 6.45) is -4.82. The Labute approximate surface area is 190 Å². The Hall–Kier alpha value is -3.53. The van der Waals surface area contributed by atoms with Gasteiger partial charge in [-0.1, -0.05) is 41.9 Å². The van der Waals surface area contributed by atoms with E-state index in [1.54, 1.807) is 53.8 Å². The molecule has 1 heterocycles. The third-order valence-electron chi connectivity index (χ3n) is 5.46. The van der Waals surface area contributed by atoms with Crippen LogP contribution in [0.4, 0.5) is 13.2 Å². The van der Waals surface area contributed by atoms with Crippen LogP contribution in [0.1, 0.15) is 28.9 Å². The summed E-state index contributed by atoms with van der Waals surface area (Å²) in [6.45, 7) is 0.0156. The number of alkyl halides is 3. The quantitative estimate of drug-likeness (QED) is 0.500. The smallest absolute Gasteiger partial charge is 0.471 e. The molecule has 0 spiro atoms. The lowest BCUT2D eigenvalue weighted by molar-refractivity contribution is -0.175. The number of benzene rings is 2. The number of amides is 2. The first kappa shape index (κ1) is 22.7. The minimum atomic E-state index is -5.06. The summed E-state index contributed by atoms with van der Waals surface area (Å²) in [5.41, 5.74) is 0.141. The van der Waals surface area contributed by atoms with Crippen LogP contribution in [0, 0.1) is 0 Å². The van der Waals surface area contributed by atoms with Crippen molar-refractivity contribution in [1.29, 1.82) is 0 Å². The highest BCUT2D eigenvalue weighted by Crippen LogP contribution is 2.37. The van der Waals surface area contributed by atoms with E-state index in [4.69, 9.17) is 11.6 Å². The van der Waals surface area contributed by atoms with Gasteiger partial charge < -0.3 is 20.3 Å². The molecule has 2 amide bonds. The maximum atomic E-state index is 12.5. The van der Waals surface area contributed by atoms with Gasteiger partial charge in [-0.3, -0.25) is 9.59 Å². The number of nitrogens with zero attached hydrogens (tertiary/aromatic N) is 1. The zero-order valence-corrected chi connectivity index (χ0v) is 17.6. The normalized spacial score (nSPS) is 14.7. The molecule has 3 aromatic rings. The summed E-state index contributed by atoms with van der Waals surface area (Å²) in [7, 11) is 0. The average molecular weight is 480 g/mol. The van der Waals surface area contributed by atoms with Crippen molar-refractivity contribution in [3.63, 3.8) is 0 Å². The Morgan fingerprint density at radius 2 is 1.70 bits per heavy atom. The van der Waals surface area contributed by atoms with Gasteiger partial charge in [0.2, 0.25) is 5.91 Å². The van der Waals surface area contributed by atoms with Crippen LogP contribution >= 0.6 is 11.6 Å². The van der Waals surface area contributed by atoms with Crippen molar-refractivity contribution in [2.24, 2.45) is 0 Å². The Kier molecular flexibility index (Phi) is 5.57. The van der Waals surface area contributed by atoms with Crippen LogP contribution in [0.25, 0.3) is 16.6 Å². The number of carboxylic acids is 1. The van der Waals surface area contributed by atoms with Gasteiger partial charge in [0.25, 0.3) is 0 Å². The lowest BCUT2D eigenvalue weighted by atomic mass is 10.1. The fourth-order valence-corrected chi connectivity index (χ4v) is 3.92. The highest BCUT2D eigenvalue weighted by molar-refractivity contribution is 6.38. The molecule has 2 aromatic carbocycles. The molecule has 1 saturated carbocycles. The summed E-state index contributed by atoms with van der Waals surface area (Å²) < 4.78 is 39.0.